The van der Waals surface area contributed by atoms with Gasteiger partial charge in [-0.05, 0) is 62.9 Å². The quantitative estimate of drug-likeness (QED) is 0.780. The summed E-state index contributed by atoms with van der Waals surface area (Å²) < 4.78 is 1.76. The molecule has 1 aromatic carbocycles. The van der Waals surface area contributed by atoms with Crippen molar-refractivity contribution in [1.82, 2.24) is 4.90 Å². The average Bonchev–Trinajstić information content (AvgIpc) is 2.69. The zero-order valence-electron chi connectivity index (χ0n) is 11.2. The van der Waals surface area contributed by atoms with Gasteiger partial charge in [0, 0.05) is 28.1 Å². The number of hydrogen-bond acceptors (Lipinski definition) is 3. The fourth-order valence-electron chi connectivity index (χ4n) is 2.21. The van der Waals surface area contributed by atoms with E-state index in [0.29, 0.717) is 6.54 Å². The van der Waals surface area contributed by atoms with Gasteiger partial charge in [-0.2, -0.15) is 0 Å². The molecule has 0 bridgehead atoms. The van der Waals surface area contributed by atoms with E-state index < -0.39 is 0 Å². The predicted molar refractivity (Wildman–Crippen MR) is 91.5 cm³/mol. The second-order valence-corrected chi connectivity index (χ2v) is 6.64. The van der Waals surface area contributed by atoms with Gasteiger partial charge in [0.25, 0.3) is 0 Å². The maximum absolute atomic E-state index is 12.0. The molecule has 3 N–H and O–H groups in total. The average molecular weight is 428 g/mol. The molecule has 0 aliphatic carbocycles. The Morgan fingerprint density at radius 3 is 2.55 bits per heavy atom. The maximum Gasteiger partial charge on any atom is 0.238 e. The van der Waals surface area contributed by atoms with Crippen molar-refractivity contribution in [2.24, 2.45) is 5.73 Å². The zero-order valence-corrected chi connectivity index (χ0v) is 15.1. The minimum atomic E-state index is -0.0145. The smallest absolute Gasteiger partial charge is 0.238 e. The van der Waals surface area contributed by atoms with Gasteiger partial charge in [0.2, 0.25) is 5.91 Å². The summed E-state index contributed by atoms with van der Waals surface area (Å²) in [4.78, 5) is 14.1. The number of anilines is 1. The molecule has 0 aromatic heterocycles. The summed E-state index contributed by atoms with van der Waals surface area (Å²) in [6.45, 7) is 4.08. The molecule has 20 heavy (non-hydrogen) atoms. The number of nitrogens with one attached hydrogen (secondary N) is 1. The molecule has 1 atom stereocenters. The second kappa shape index (κ2) is 7.75. The van der Waals surface area contributed by atoms with Crippen LogP contribution in [0.25, 0.3) is 0 Å². The lowest BCUT2D eigenvalue weighted by molar-refractivity contribution is -0.117. The van der Waals surface area contributed by atoms with Gasteiger partial charge in [0.1, 0.15) is 0 Å². The largest absolute Gasteiger partial charge is 0.326 e. The topological polar surface area (TPSA) is 58.4 Å². The fraction of sp³-hybridized carbons (Fsp3) is 0.462. The molecule has 7 heteroatoms. The van der Waals surface area contributed by atoms with E-state index in [1.54, 1.807) is 0 Å². The molecule has 1 saturated heterocycles. The number of amides is 1. The van der Waals surface area contributed by atoms with Crippen molar-refractivity contribution in [3.05, 3.63) is 26.6 Å². The molecule has 1 fully saturated rings. The highest BCUT2D eigenvalue weighted by molar-refractivity contribution is 9.11. The number of nitrogens with two attached hydrogens (primary N) is 1. The van der Waals surface area contributed by atoms with Crippen LogP contribution in [0.1, 0.15) is 12.0 Å². The van der Waals surface area contributed by atoms with Crippen molar-refractivity contribution in [2.75, 3.05) is 25.0 Å². The third-order valence-corrected chi connectivity index (χ3v) is 4.38. The van der Waals surface area contributed by atoms with E-state index in [0.717, 1.165) is 39.7 Å². The van der Waals surface area contributed by atoms with E-state index in [-0.39, 0.29) is 24.4 Å². The Balaban J connectivity index is 0.00000200. The molecule has 0 radical (unpaired) electrons. The molecule has 0 unspecified atom stereocenters. The van der Waals surface area contributed by atoms with Gasteiger partial charge >= 0.3 is 0 Å². The Labute approximate surface area is 142 Å². The van der Waals surface area contributed by atoms with Crippen LogP contribution in [-0.2, 0) is 4.79 Å². The predicted octanol–water partition coefficient (Wildman–Crippen LogP) is 2.91. The monoisotopic (exact) mass is 425 g/mol. The third-order valence-electron chi connectivity index (χ3n) is 3.13. The first-order valence-electron chi connectivity index (χ1n) is 6.19. The van der Waals surface area contributed by atoms with Gasteiger partial charge in [0.05, 0.1) is 12.2 Å². The number of benzene rings is 1. The summed E-state index contributed by atoms with van der Waals surface area (Å²) in [7, 11) is 0. The Morgan fingerprint density at radius 1 is 1.45 bits per heavy atom. The highest BCUT2D eigenvalue weighted by atomic mass is 79.9. The molecular weight excluding hydrogens is 409 g/mol. The second-order valence-electron chi connectivity index (χ2n) is 4.94. The molecule has 1 heterocycles. The molecular formula is C13H18Br2ClN3O. The minimum absolute atomic E-state index is 0. The standard InChI is InChI=1S/C13H17Br2N3O.ClH/c1-8-4-10(14)13(11(15)5-8)17-12(19)7-18-3-2-9(16)6-18;/h4-5,9H,2-3,6-7,16H2,1H3,(H,17,19);1H/t9-;/m0./s1. The van der Waals surface area contributed by atoms with E-state index in [2.05, 4.69) is 42.1 Å². The summed E-state index contributed by atoms with van der Waals surface area (Å²) in [5.74, 6) is -0.0145. The van der Waals surface area contributed by atoms with Crippen LogP contribution in [-0.4, -0.2) is 36.5 Å². The summed E-state index contributed by atoms with van der Waals surface area (Å²) in [6.07, 6.45) is 0.963. The molecule has 1 aliphatic rings. The first-order valence-corrected chi connectivity index (χ1v) is 7.77. The van der Waals surface area contributed by atoms with Gasteiger partial charge in [-0.1, -0.05) is 0 Å². The van der Waals surface area contributed by atoms with Gasteiger partial charge in [0.15, 0.2) is 0 Å². The van der Waals surface area contributed by atoms with Crippen molar-refractivity contribution in [3.63, 3.8) is 0 Å². The summed E-state index contributed by atoms with van der Waals surface area (Å²) in [6, 6.07) is 4.16. The van der Waals surface area contributed by atoms with Crippen molar-refractivity contribution in [2.45, 2.75) is 19.4 Å². The summed E-state index contributed by atoms with van der Waals surface area (Å²) in [5.41, 5.74) is 7.73. The number of carbonyl (C=O) groups is 1. The van der Waals surface area contributed by atoms with Gasteiger partial charge in [-0.25, -0.2) is 0 Å². The summed E-state index contributed by atoms with van der Waals surface area (Å²) in [5, 5.41) is 2.93. The first-order chi connectivity index (χ1) is 8.95. The number of aryl methyl sites for hydroxylation is 1. The van der Waals surface area contributed by atoms with Gasteiger partial charge in [-0.15, -0.1) is 12.4 Å². The lowest BCUT2D eigenvalue weighted by atomic mass is 10.2. The van der Waals surface area contributed by atoms with Crippen molar-refractivity contribution < 1.29 is 4.79 Å². The SMILES string of the molecule is Cc1cc(Br)c(NC(=O)CN2CC[C@H](N)C2)c(Br)c1.Cl. The number of likely N-dealkylation sites (tertiary alicyclic amines) is 1. The Kier molecular flexibility index (Phi) is 6.94. The van der Waals surface area contributed by atoms with E-state index >= 15 is 0 Å². The summed E-state index contributed by atoms with van der Waals surface area (Å²) >= 11 is 6.94. The van der Waals surface area contributed by atoms with E-state index in [9.17, 15) is 4.79 Å². The Bertz CT molecular complexity index is 475. The van der Waals surface area contributed by atoms with Crippen LogP contribution in [0.3, 0.4) is 0 Å². The molecule has 1 amide bonds. The highest BCUT2D eigenvalue weighted by Gasteiger charge is 2.21. The fourth-order valence-corrected chi connectivity index (χ4v) is 3.82. The minimum Gasteiger partial charge on any atom is -0.326 e. The first kappa shape index (κ1) is 17.9. The highest BCUT2D eigenvalue weighted by Crippen LogP contribution is 2.32. The van der Waals surface area contributed by atoms with E-state index in [1.807, 2.05) is 19.1 Å². The lowest BCUT2D eigenvalue weighted by Gasteiger charge is -2.16. The maximum atomic E-state index is 12.0. The van der Waals surface area contributed by atoms with Gasteiger partial charge < -0.3 is 11.1 Å². The number of halogens is 3. The van der Waals surface area contributed by atoms with Crippen LogP contribution in [0.2, 0.25) is 0 Å². The molecule has 1 aromatic rings. The number of hydrogen-bond donors (Lipinski definition) is 2. The molecule has 4 nitrogen and oxygen atoms in total. The van der Waals surface area contributed by atoms with Crippen LogP contribution in [0, 0.1) is 6.92 Å². The van der Waals surface area contributed by atoms with E-state index in [1.165, 1.54) is 0 Å². The van der Waals surface area contributed by atoms with Crippen molar-refractivity contribution in [3.8, 4) is 0 Å². The lowest BCUT2D eigenvalue weighted by Crippen LogP contribution is -2.33. The molecule has 112 valence electrons. The van der Waals surface area contributed by atoms with Crippen LogP contribution >= 0.6 is 44.3 Å². The van der Waals surface area contributed by atoms with Crippen LogP contribution in [0.4, 0.5) is 5.69 Å². The molecule has 1 aliphatic heterocycles. The van der Waals surface area contributed by atoms with Crippen molar-refractivity contribution >= 4 is 55.9 Å². The van der Waals surface area contributed by atoms with Crippen LogP contribution in [0.5, 0.6) is 0 Å². The van der Waals surface area contributed by atoms with E-state index in [4.69, 9.17) is 5.73 Å². The van der Waals surface area contributed by atoms with Gasteiger partial charge in [-0.3, -0.25) is 9.69 Å². The Hall–Kier alpha value is -0.140. The normalized spacial score (nSPS) is 18.7. The third kappa shape index (κ3) is 4.70. The number of carbonyl (C=O) groups excluding carboxylic acids is 1. The van der Waals surface area contributed by atoms with Crippen LogP contribution in [0.15, 0.2) is 21.1 Å². The Morgan fingerprint density at radius 2 is 2.05 bits per heavy atom. The molecule has 2 rings (SSSR count). The number of rotatable bonds is 3. The van der Waals surface area contributed by atoms with Crippen molar-refractivity contribution in [1.29, 1.82) is 0 Å². The molecule has 0 spiro atoms. The zero-order chi connectivity index (χ0) is 14.0. The van der Waals surface area contributed by atoms with Crippen LogP contribution < -0.4 is 11.1 Å². The number of nitrogens with zero attached hydrogens (tertiary/aromatic N) is 1. The molecule has 0 saturated carbocycles.